The Balaban J connectivity index is 1.57. The molecule has 5 rings (SSSR count). The molecule has 7 atom stereocenters. The zero-order valence-electron chi connectivity index (χ0n) is 13.8. The predicted molar refractivity (Wildman–Crippen MR) is 86.3 cm³/mol. The molecule has 3 nitrogen and oxygen atoms in total. The number of alkyl halides is 1. The second kappa shape index (κ2) is 4.40. The molecule has 126 valence electrons. The number of rotatable bonds is 0. The number of fused-ring (bicyclic) bond motifs is 3. The van der Waals surface area contributed by atoms with E-state index in [1.807, 2.05) is 0 Å². The predicted octanol–water partition coefficient (Wildman–Crippen LogP) is 3.52. The first-order valence-corrected chi connectivity index (χ1v) is 9.64. The molecule has 1 aliphatic heterocycles. The minimum atomic E-state index is -0.472. The van der Waals surface area contributed by atoms with Crippen LogP contribution in [0, 0.1) is 28.6 Å². The lowest BCUT2D eigenvalue weighted by molar-refractivity contribution is -0.139. The van der Waals surface area contributed by atoms with Crippen molar-refractivity contribution >= 4 is 23.2 Å². The van der Waals surface area contributed by atoms with Crippen LogP contribution in [-0.4, -0.2) is 29.2 Å². The Bertz CT molecular complexity index is 603. The third-order valence-corrected chi connectivity index (χ3v) is 9.28. The number of ether oxygens (including phenoxy) is 1. The van der Waals surface area contributed by atoms with Crippen molar-refractivity contribution in [1.82, 2.24) is 0 Å². The highest BCUT2D eigenvalue weighted by molar-refractivity contribution is 6.27. The van der Waals surface area contributed by atoms with Gasteiger partial charge in [0.1, 0.15) is 11.6 Å². The Morgan fingerprint density at radius 1 is 1.13 bits per heavy atom. The van der Waals surface area contributed by atoms with Gasteiger partial charge in [-0.3, -0.25) is 9.59 Å². The van der Waals surface area contributed by atoms with E-state index >= 15 is 0 Å². The molecule has 0 unspecified atom stereocenters. The molecule has 23 heavy (non-hydrogen) atoms. The van der Waals surface area contributed by atoms with Crippen LogP contribution in [0.5, 0.6) is 0 Å². The molecule has 0 amide bonds. The Morgan fingerprint density at radius 2 is 1.96 bits per heavy atom. The zero-order chi connectivity index (χ0) is 16.0. The summed E-state index contributed by atoms with van der Waals surface area (Å²) in [6.45, 7) is 2.93. The first-order valence-electron chi connectivity index (χ1n) is 9.26. The summed E-state index contributed by atoms with van der Waals surface area (Å²) in [5, 5.41) is 0. The van der Waals surface area contributed by atoms with Crippen LogP contribution in [0.1, 0.15) is 58.3 Å². The minimum Gasteiger partial charge on any atom is -0.376 e. The van der Waals surface area contributed by atoms with Crippen molar-refractivity contribution in [1.29, 1.82) is 0 Å². The van der Waals surface area contributed by atoms with Crippen LogP contribution >= 0.6 is 11.6 Å². The van der Waals surface area contributed by atoms with E-state index in [-0.39, 0.29) is 16.9 Å². The third-order valence-electron chi connectivity index (χ3n) is 8.53. The fourth-order valence-electron chi connectivity index (χ4n) is 7.31. The minimum absolute atomic E-state index is 0.00715. The Labute approximate surface area is 142 Å². The lowest BCUT2D eigenvalue weighted by Gasteiger charge is -2.60. The maximum absolute atomic E-state index is 12.5. The van der Waals surface area contributed by atoms with Gasteiger partial charge in [0.2, 0.25) is 0 Å². The average molecular weight is 337 g/mol. The topological polar surface area (TPSA) is 43.4 Å². The first kappa shape index (κ1) is 14.9. The van der Waals surface area contributed by atoms with Crippen LogP contribution in [0.3, 0.4) is 0 Å². The lowest BCUT2D eigenvalue weighted by Crippen LogP contribution is -2.63. The van der Waals surface area contributed by atoms with Crippen molar-refractivity contribution in [2.24, 2.45) is 28.6 Å². The van der Waals surface area contributed by atoms with Crippen LogP contribution in [0.4, 0.5) is 0 Å². The van der Waals surface area contributed by atoms with E-state index in [9.17, 15) is 9.59 Å². The second-order valence-electron chi connectivity index (χ2n) is 9.06. The number of carbonyl (C=O) groups is 2. The summed E-state index contributed by atoms with van der Waals surface area (Å²) < 4.78 is 6.20. The van der Waals surface area contributed by atoms with Gasteiger partial charge in [0, 0.05) is 30.1 Å². The normalized spacial score (nSPS) is 57.8. The van der Waals surface area contributed by atoms with E-state index in [1.54, 1.807) is 0 Å². The summed E-state index contributed by atoms with van der Waals surface area (Å²) >= 11 is 7.14. The van der Waals surface area contributed by atoms with Crippen LogP contribution < -0.4 is 0 Å². The number of hydrogen-bond acceptors (Lipinski definition) is 3. The molecule has 5 aliphatic rings. The Hall–Kier alpha value is -0.410. The van der Waals surface area contributed by atoms with E-state index in [0.29, 0.717) is 42.2 Å². The molecule has 0 aromatic heterocycles. The summed E-state index contributed by atoms with van der Waals surface area (Å²) in [5.41, 5.74) is -0.128. The zero-order valence-corrected chi connectivity index (χ0v) is 14.5. The maximum Gasteiger partial charge on any atom is 0.139 e. The first-order chi connectivity index (χ1) is 10.9. The molecule has 5 fully saturated rings. The summed E-state index contributed by atoms with van der Waals surface area (Å²) in [5.74, 6) is 2.40. The summed E-state index contributed by atoms with van der Waals surface area (Å²) in [7, 11) is 0. The van der Waals surface area contributed by atoms with Crippen molar-refractivity contribution < 1.29 is 14.3 Å². The standard InChI is InChI=1S/C19H25ClO3/c1-17-6-5-14-12(13(17)2-3-15(17)22)8-16-19(20)9-11(21)4-7-18(14,19)10-23-16/h12-14,16H,2-10H2,1H3/t12-,13-,14-,16-,17-,18-,19-/m0/s1. The largest absolute Gasteiger partial charge is 0.376 e. The molecule has 4 saturated carbocycles. The van der Waals surface area contributed by atoms with Gasteiger partial charge in [0.05, 0.1) is 17.6 Å². The highest BCUT2D eigenvalue weighted by Crippen LogP contribution is 2.70. The van der Waals surface area contributed by atoms with Gasteiger partial charge in [-0.25, -0.2) is 0 Å². The molecule has 1 heterocycles. The lowest BCUT2D eigenvalue weighted by atomic mass is 9.45. The molecule has 4 aliphatic carbocycles. The molecular weight excluding hydrogens is 312 g/mol. The molecule has 1 saturated heterocycles. The van der Waals surface area contributed by atoms with E-state index in [1.165, 1.54) is 0 Å². The van der Waals surface area contributed by atoms with Gasteiger partial charge in [0.25, 0.3) is 0 Å². The fraction of sp³-hybridized carbons (Fsp3) is 0.895. The number of carbonyl (C=O) groups excluding carboxylic acids is 2. The van der Waals surface area contributed by atoms with E-state index in [4.69, 9.17) is 16.3 Å². The number of Topliss-reactive ketones (excluding diaryl/α,β-unsaturated/α-hetero) is 2. The number of hydrogen-bond donors (Lipinski definition) is 0. The SMILES string of the molecule is C[C@]12CC[C@H]3[C@@H](C[C@@H]4OC[C@@]35CCC(=O)C[C@]45Cl)[C@@H]1CCC2=O. The average Bonchev–Trinajstić information content (AvgIpc) is 2.88. The van der Waals surface area contributed by atoms with Crippen LogP contribution in [0.25, 0.3) is 0 Å². The molecule has 2 bridgehead atoms. The van der Waals surface area contributed by atoms with Gasteiger partial charge < -0.3 is 4.74 Å². The number of ketones is 2. The highest BCUT2D eigenvalue weighted by atomic mass is 35.5. The van der Waals surface area contributed by atoms with Crippen molar-refractivity contribution in [3.05, 3.63) is 0 Å². The molecule has 4 heteroatoms. The quantitative estimate of drug-likeness (QED) is 0.636. The van der Waals surface area contributed by atoms with Gasteiger partial charge in [-0.2, -0.15) is 0 Å². The summed E-state index contributed by atoms with van der Waals surface area (Å²) in [6.07, 6.45) is 6.90. The fourth-order valence-corrected chi connectivity index (χ4v) is 7.90. The van der Waals surface area contributed by atoms with Gasteiger partial charge in [-0.1, -0.05) is 6.92 Å². The van der Waals surface area contributed by atoms with Gasteiger partial charge >= 0.3 is 0 Å². The van der Waals surface area contributed by atoms with Crippen molar-refractivity contribution in [2.75, 3.05) is 6.61 Å². The van der Waals surface area contributed by atoms with Gasteiger partial charge in [0.15, 0.2) is 0 Å². The van der Waals surface area contributed by atoms with E-state index < -0.39 is 4.87 Å². The second-order valence-corrected chi connectivity index (χ2v) is 9.74. The summed E-state index contributed by atoms with van der Waals surface area (Å²) in [6, 6.07) is 0. The molecule has 0 spiro atoms. The van der Waals surface area contributed by atoms with Crippen molar-refractivity contribution in [2.45, 2.75) is 69.3 Å². The van der Waals surface area contributed by atoms with Crippen molar-refractivity contribution in [3.8, 4) is 0 Å². The molecule has 0 aromatic carbocycles. The maximum atomic E-state index is 12.5. The molecule has 0 aromatic rings. The van der Waals surface area contributed by atoms with Crippen LogP contribution in [0.15, 0.2) is 0 Å². The molecule has 0 N–H and O–H groups in total. The van der Waals surface area contributed by atoms with Crippen molar-refractivity contribution in [3.63, 3.8) is 0 Å². The third kappa shape index (κ3) is 1.57. The molecule has 0 radical (unpaired) electrons. The Kier molecular flexibility index (Phi) is 2.85. The van der Waals surface area contributed by atoms with Gasteiger partial charge in [-0.15, -0.1) is 11.6 Å². The van der Waals surface area contributed by atoms with Crippen LogP contribution in [0.2, 0.25) is 0 Å². The monoisotopic (exact) mass is 336 g/mol. The highest BCUT2D eigenvalue weighted by Gasteiger charge is 2.72. The smallest absolute Gasteiger partial charge is 0.139 e. The number of halogens is 1. The summed E-state index contributed by atoms with van der Waals surface area (Å²) in [4.78, 5) is 24.1. The van der Waals surface area contributed by atoms with E-state index in [0.717, 1.165) is 45.1 Å². The Morgan fingerprint density at radius 3 is 2.78 bits per heavy atom. The molecular formula is C19H25ClO3. The van der Waals surface area contributed by atoms with E-state index in [2.05, 4.69) is 6.92 Å². The van der Waals surface area contributed by atoms with Crippen LogP contribution in [-0.2, 0) is 14.3 Å². The van der Waals surface area contributed by atoms with Gasteiger partial charge in [-0.05, 0) is 49.9 Å².